The zero-order valence-electron chi connectivity index (χ0n) is 11.5. The first kappa shape index (κ1) is 15.8. The summed E-state index contributed by atoms with van der Waals surface area (Å²) in [6.07, 6.45) is 2.38. The van der Waals surface area contributed by atoms with E-state index in [4.69, 9.17) is 11.6 Å². The van der Waals surface area contributed by atoms with Crippen LogP contribution < -0.4 is 0 Å². The summed E-state index contributed by atoms with van der Waals surface area (Å²) in [7, 11) is 0. The van der Waals surface area contributed by atoms with Crippen LogP contribution in [0.1, 0.15) is 31.7 Å². The van der Waals surface area contributed by atoms with Crippen LogP contribution in [0.3, 0.4) is 0 Å². The van der Waals surface area contributed by atoms with Crippen LogP contribution in [-0.2, 0) is 11.3 Å². The normalized spacial score (nSPS) is 23.1. The minimum Gasteiger partial charge on any atom is -0.481 e. The predicted molar refractivity (Wildman–Crippen MR) is 84.0 cm³/mol. The summed E-state index contributed by atoms with van der Waals surface area (Å²) in [5, 5.41) is 10.2. The van der Waals surface area contributed by atoms with Crippen LogP contribution in [0.4, 0.5) is 0 Å². The Bertz CT molecular complexity index is 509. The largest absolute Gasteiger partial charge is 0.481 e. The maximum atomic E-state index is 11.6. The van der Waals surface area contributed by atoms with Crippen molar-refractivity contribution in [3.8, 4) is 0 Å². The highest BCUT2D eigenvalue weighted by atomic mass is 79.9. The highest BCUT2D eigenvalue weighted by molar-refractivity contribution is 9.10. The lowest BCUT2D eigenvalue weighted by molar-refractivity contribution is -0.148. The molecular weight excluding hydrogens is 342 g/mol. The SMILES string of the molecule is CCCC1(C(=O)O)CCN(Cc2cc(Cl)ccc2Br)C1. The first-order valence-electron chi connectivity index (χ1n) is 6.86. The maximum Gasteiger partial charge on any atom is 0.310 e. The zero-order valence-corrected chi connectivity index (χ0v) is 13.9. The van der Waals surface area contributed by atoms with Gasteiger partial charge in [-0.15, -0.1) is 0 Å². The maximum absolute atomic E-state index is 11.6. The van der Waals surface area contributed by atoms with Crippen LogP contribution >= 0.6 is 27.5 Å². The summed E-state index contributed by atoms with van der Waals surface area (Å²) in [4.78, 5) is 13.8. The third-order valence-corrected chi connectivity index (χ3v) is 5.03. The monoisotopic (exact) mass is 359 g/mol. The molecule has 0 aliphatic carbocycles. The number of nitrogens with zero attached hydrogens (tertiary/aromatic N) is 1. The minimum atomic E-state index is -0.660. The number of carboxylic acid groups (broad SMARTS) is 1. The highest BCUT2D eigenvalue weighted by Gasteiger charge is 2.43. The van der Waals surface area contributed by atoms with Crippen molar-refractivity contribution in [2.24, 2.45) is 5.41 Å². The van der Waals surface area contributed by atoms with Gasteiger partial charge in [0.1, 0.15) is 0 Å². The lowest BCUT2D eigenvalue weighted by atomic mass is 9.83. The molecule has 1 aromatic carbocycles. The van der Waals surface area contributed by atoms with E-state index in [-0.39, 0.29) is 0 Å². The van der Waals surface area contributed by atoms with Crippen molar-refractivity contribution in [3.05, 3.63) is 33.3 Å². The summed E-state index contributed by atoms with van der Waals surface area (Å²) in [5.74, 6) is -0.660. The molecule has 0 spiro atoms. The van der Waals surface area contributed by atoms with Crippen molar-refractivity contribution in [2.75, 3.05) is 13.1 Å². The van der Waals surface area contributed by atoms with E-state index in [1.807, 2.05) is 25.1 Å². The highest BCUT2D eigenvalue weighted by Crippen LogP contribution is 2.36. The van der Waals surface area contributed by atoms with E-state index in [9.17, 15) is 9.90 Å². The smallest absolute Gasteiger partial charge is 0.310 e. The fraction of sp³-hybridized carbons (Fsp3) is 0.533. The third-order valence-electron chi connectivity index (χ3n) is 4.02. The van der Waals surface area contributed by atoms with Gasteiger partial charge in [-0.05, 0) is 43.1 Å². The Morgan fingerprint density at radius 1 is 1.55 bits per heavy atom. The van der Waals surface area contributed by atoms with E-state index >= 15 is 0 Å². The van der Waals surface area contributed by atoms with Crippen molar-refractivity contribution >= 4 is 33.5 Å². The van der Waals surface area contributed by atoms with Gasteiger partial charge < -0.3 is 5.11 Å². The summed E-state index contributed by atoms with van der Waals surface area (Å²) in [5.41, 5.74) is 0.537. The number of halogens is 2. The summed E-state index contributed by atoms with van der Waals surface area (Å²) in [6.45, 7) is 4.22. The Morgan fingerprint density at radius 2 is 2.30 bits per heavy atom. The number of hydrogen-bond acceptors (Lipinski definition) is 2. The van der Waals surface area contributed by atoms with Gasteiger partial charge in [-0.1, -0.05) is 40.9 Å². The molecule has 0 bridgehead atoms. The van der Waals surface area contributed by atoms with Gasteiger partial charge in [0, 0.05) is 22.6 Å². The number of aliphatic carboxylic acids is 1. The van der Waals surface area contributed by atoms with Crippen molar-refractivity contribution in [2.45, 2.75) is 32.7 Å². The van der Waals surface area contributed by atoms with E-state index in [1.165, 1.54) is 0 Å². The molecule has 1 saturated heterocycles. The van der Waals surface area contributed by atoms with Crippen LogP contribution in [0, 0.1) is 5.41 Å². The number of carboxylic acids is 1. The summed E-state index contributed by atoms with van der Waals surface area (Å²) < 4.78 is 1.02. The van der Waals surface area contributed by atoms with E-state index < -0.39 is 11.4 Å². The molecule has 1 atom stereocenters. The molecule has 0 amide bonds. The Kier molecular flexibility index (Phi) is 5.10. The van der Waals surface area contributed by atoms with Crippen LogP contribution in [0.2, 0.25) is 5.02 Å². The molecule has 1 heterocycles. The van der Waals surface area contributed by atoms with Crippen LogP contribution in [-0.4, -0.2) is 29.1 Å². The fourth-order valence-electron chi connectivity index (χ4n) is 2.96. The summed E-state index contributed by atoms with van der Waals surface area (Å²) in [6, 6.07) is 5.72. The summed E-state index contributed by atoms with van der Waals surface area (Å²) >= 11 is 9.55. The average molecular weight is 361 g/mol. The molecule has 1 N–H and O–H groups in total. The molecule has 0 radical (unpaired) electrons. The molecule has 3 nitrogen and oxygen atoms in total. The van der Waals surface area contributed by atoms with Crippen molar-refractivity contribution in [1.29, 1.82) is 0 Å². The molecule has 1 unspecified atom stereocenters. The van der Waals surface area contributed by atoms with Gasteiger partial charge in [-0.2, -0.15) is 0 Å². The molecule has 20 heavy (non-hydrogen) atoms. The lowest BCUT2D eigenvalue weighted by Gasteiger charge is -2.24. The van der Waals surface area contributed by atoms with E-state index in [0.29, 0.717) is 11.6 Å². The first-order chi connectivity index (χ1) is 9.47. The topological polar surface area (TPSA) is 40.5 Å². The molecule has 0 aromatic heterocycles. The van der Waals surface area contributed by atoms with Crippen LogP contribution in [0.5, 0.6) is 0 Å². The lowest BCUT2D eigenvalue weighted by Crippen LogP contribution is -2.34. The second kappa shape index (κ2) is 6.46. The van der Waals surface area contributed by atoms with Crippen LogP contribution in [0.25, 0.3) is 0 Å². The molecule has 2 rings (SSSR count). The molecular formula is C15H19BrClNO2. The Hall–Kier alpha value is -0.580. The van der Waals surface area contributed by atoms with Crippen molar-refractivity contribution in [3.63, 3.8) is 0 Å². The number of carbonyl (C=O) groups is 1. The molecule has 1 aliphatic rings. The van der Waals surface area contributed by atoms with E-state index in [2.05, 4.69) is 20.8 Å². The number of benzene rings is 1. The quantitative estimate of drug-likeness (QED) is 0.856. The van der Waals surface area contributed by atoms with E-state index in [0.717, 1.165) is 42.4 Å². The number of hydrogen-bond donors (Lipinski definition) is 1. The van der Waals surface area contributed by atoms with Gasteiger partial charge in [-0.25, -0.2) is 0 Å². The third kappa shape index (κ3) is 3.35. The standard InChI is InChI=1S/C15H19BrClNO2/c1-2-5-15(14(19)20)6-7-18(10-15)9-11-8-12(17)3-4-13(11)16/h3-4,8H,2,5-7,9-10H2,1H3,(H,19,20). The zero-order chi connectivity index (χ0) is 14.8. The minimum absolute atomic E-state index is 0.570. The Balaban J connectivity index is 2.09. The molecule has 1 aliphatic heterocycles. The fourth-order valence-corrected chi connectivity index (χ4v) is 3.53. The van der Waals surface area contributed by atoms with Gasteiger partial charge in [0.05, 0.1) is 5.41 Å². The molecule has 110 valence electrons. The van der Waals surface area contributed by atoms with Gasteiger partial charge in [-0.3, -0.25) is 9.69 Å². The van der Waals surface area contributed by atoms with Gasteiger partial charge in [0.2, 0.25) is 0 Å². The Morgan fingerprint density at radius 3 is 2.95 bits per heavy atom. The average Bonchev–Trinajstić information content (AvgIpc) is 2.79. The molecule has 1 fully saturated rings. The first-order valence-corrected chi connectivity index (χ1v) is 8.03. The second-order valence-corrected chi connectivity index (χ2v) is 6.82. The van der Waals surface area contributed by atoms with E-state index in [1.54, 1.807) is 0 Å². The van der Waals surface area contributed by atoms with Crippen LogP contribution in [0.15, 0.2) is 22.7 Å². The molecule has 5 heteroatoms. The van der Waals surface area contributed by atoms with Gasteiger partial charge >= 0.3 is 5.97 Å². The van der Waals surface area contributed by atoms with Gasteiger partial charge in [0.15, 0.2) is 0 Å². The number of rotatable bonds is 5. The van der Waals surface area contributed by atoms with Gasteiger partial charge in [0.25, 0.3) is 0 Å². The molecule has 1 aromatic rings. The second-order valence-electron chi connectivity index (χ2n) is 5.53. The van der Waals surface area contributed by atoms with Crippen molar-refractivity contribution in [1.82, 2.24) is 4.90 Å². The van der Waals surface area contributed by atoms with Crippen molar-refractivity contribution < 1.29 is 9.90 Å². The predicted octanol–water partition coefficient (Wildman–Crippen LogP) is 4.18. The Labute approximate surface area is 133 Å². The molecule has 0 saturated carbocycles. The number of likely N-dealkylation sites (tertiary alicyclic amines) is 1.